The zero-order valence-corrected chi connectivity index (χ0v) is 12.4. The molecule has 0 fully saturated rings. The third kappa shape index (κ3) is 4.66. The van der Waals surface area contributed by atoms with Gasteiger partial charge in [0.15, 0.2) is 0 Å². The molecular weight excluding hydrogens is 278 g/mol. The second-order valence-corrected chi connectivity index (χ2v) is 4.81. The van der Waals surface area contributed by atoms with Crippen LogP contribution in [0.4, 0.5) is 5.69 Å². The standard InChI is InChI=1S/C18H19NO3/c1-22-16-12-10-14(11-13-16)17(8-5-9-18(20)21)19-15-6-3-2-4-7-15/h2-7,9-13,17,19H,8H2,1H3,(H,20,21)/b9-5+. The van der Waals surface area contributed by atoms with Gasteiger partial charge >= 0.3 is 5.97 Å². The van der Waals surface area contributed by atoms with E-state index in [1.54, 1.807) is 13.2 Å². The molecule has 4 nitrogen and oxygen atoms in total. The zero-order valence-electron chi connectivity index (χ0n) is 12.4. The number of carbonyl (C=O) groups is 1. The molecule has 2 N–H and O–H groups in total. The number of hydrogen-bond acceptors (Lipinski definition) is 3. The fourth-order valence-electron chi connectivity index (χ4n) is 2.16. The molecule has 0 amide bonds. The first-order chi connectivity index (χ1) is 10.7. The first kappa shape index (κ1) is 15.6. The van der Waals surface area contributed by atoms with Gasteiger partial charge in [-0.15, -0.1) is 0 Å². The molecule has 0 aliphatic rings. The van der Waals surface area contributed by atoms with Crippen LogP contribution in [0.3, 0.4) is 0 Å². The van der Waals surface area contributed by atoms with Crippen LogP contribution in [0.1, 0.15) is 18.0 Å². The lowest BCUT2D eigenvalue weighted by molar-refractivity contribution is -0.131. The summed E-state index contributed by atoms with van der Waals surface area (Å²) in [5.41, 5.74) is 2.06. The Morgan fingerprint density at radius 1 is 1.18 bits per heavy atom. The molecule has 0 aromatic heterocycles. The van der Waals surface area contributed by atoms with Gasteiger partial charge in [-0.2, -0.15) is 0 Å². The number of anilines is 1. The first-order valence-electron chi connectivity index (χ1n) is 7.04. The average Bonchev–Trinajstić information content (AvgIpc) is 2.55. The van der Waals surface area contributed by atoms with E-state index in [0.29, 0.717) is 6.42 Å². The lowest BCUT2D eigenvalue weighted by Crippen LogP contribution is -2.10. The van der Waals surface area contributed by atoms with Gasteiger partial charge in [-0.05, 0) is 36.2 Å². The second-order valence-electron chi connectivity index (χ2n) is 4.81. The monoisotopic (exact) mass is 297 g/mol. The summed E-state index contributed by atoms with van der Waals surface area (Å²) in [5.74, 6) is -0.142. The highest BCUT2D eigenvalue weighted by molar-refractivity contribution is 5.79. The zero-order chi connectivity index (χ0) is 15.8. The molecule has 0 bridgehead atoms. The van der Waals surface area contributed by atoms with Gasteiger partial charge in [-0.1, -0.05) is 36.4 Å². The Balaban J connectivity index is 2.17. The quantitative estimate of drug-likeness (QED) is 0.761. The van der Waals surface area contributed by atoms with Gasteiger partial charge in [-0.25, -0.2) is 4.79 Å². The Morgan fingerprint density at radius 3 is 2.45 bits per heavy atom. The number of carboxylic acid groups (broad SMARTS) is 1. The van der Waals surface area contributed by atoms with Crippen molar-refractivity contribution >= 4 is 11.7 Å². The van der Waals surface area contributed by atoms with Crippen molar-refractivity contribution in [2.24, 2.45) is 0 Å². The van der Waals surface area contributed by atoms with E-state index in [2.05, 4.69) is 5.32 Å². The van der Waals surface area contributed by atoms with Crippen LogP contribution in [0.15, 0.2) is 66.7 Å². The third-order valence-electron chi connectivity index (χ3n) is 3.27. The maximum atomic E-state index is 10.6. The minimum absolute atomic E-state index is 0.0103. The molecule has 2 aromatic rings. The Labute approximate surface area is 130 Å². The summed E-state index contributed by atoms with van der Waals surface area (Å²) in [6, 6.07) is 17.6. The molecule has 0 spiro atoms. The van der Waals surface area contributed by atoms with Crippen molar-refractivity contribution in [3.8, 4) is 5.75 Å². The summed E-state index contributed by atoms with van der Waals surface area (Å²) in [5, 5.41) is 12.2. The van der Waals surface area contributed by atoms with Gasteiger partial charge in [-0.3, -0.25) is 0 Å². The predicted octanol–water partition coefficient (Wildman–Crippen LogP) is 3.88. The molecule has 2 rings (SSSR count). The van der Waals surface area contributed by atoms with E-state index in [-0.39, 0.29) is 6.04 Å². The molecule has 4 heteroatoms. The number of rotatable bonds is 7. The topological polar surface area (TPSA) is 58.6 Å². The van der Waals surface area contributed by atoms with Crippen LogP contribution in [0.2, 0.25) is 0 Å². The SMILES string of the molecule is COc1ccc(C(C/C=C/C(=O)O)Nc2ccccc2)cc1. The molecule has 1 atom stereocenters. The molecule has 0 aliphatic heterocycles. The summed E-state index contributed by atoms with van der Waals surface area (Å²) < 4.78 is 5.17. The van der Waals surface area contributed by atoms with E-state index in [1.807, 2.05) is 54.6 Å². The van der Waals surface area contributed by atoms with Crippen molar-refractivity contribution in [3.63, 3.8) is 0 Å². The van der Waals surface area contributed by atoms with Gasteiger partial charge < -0.3 is 15.2 Å². The normalized spacial score (nSPS) is 12.0. The molecule has 0 saturated carbocycles. The number of carboxylic acids is 1. The van der Waals surface area contributed by atoms with Crippen LogP contribution < -0.4 is 10.1 Å². The van der Waals surface area contributed by atoms with Crippen molar-refractivity contribution in [1.29, 1.82) is 0 Å². The predicted molar refractivity (Wildman–Crippen MR) is 87.2 cm³/mol. The minimum Gasteiger partial charge on any atom is -0.497 e. The molecule has 0 aliphatic carbocycles. The lowest BCUT2D eigenvalue weighted by atomic mass is 10.0. The molecule has 0 saturated heterocycles. The van der Waals surface area contributed by atoms with E-state index in [0.717, 1.165) is 17.0 Å². The maximum Gasteiger partial charge on any atom is 0.327 e. The fraction of sp³-hybridized carbons (Fsp3) is 0.167. The molecule has 0 radical (unpaired) electrons. The summed E-state index contributed by atoms with van der Waals surface area (Å²) in [4.78, 5) is 10.6. The van der Waals surface area contributed by atoms with E-state index >= 15 is 0 Å². The van der Waals surface area contributed by atoms with E-state index in [4.69, 9.17) is 9.84 Å². The smallest absolute Gasteiger partial charge is 0.327 e. The number of benzene rings is 2. The molecule has 0 heterocycles. The van der Waals surface area contributed by atoms with Crippen molar-refractivity contribution in [1.82, 2.24) is 0 Å². The van der Waals surface area contributed by atoms with Crippen LogP contribution in [0.5, 0.6) is 5.75 Å². The van der Waals surface area contributed by atoms with Crippen LogP contribution in [0.25, 0.3) is 0 Å². The summed E-state index contributed by atoms with van der Waals surface area (Å²) in [7, 11) is 1.63. The summed E-state index contributed by atoms with van der Waals surface area (Å²) >= 11 is 0. The van der Waals surface area contributed by atoms with Crippen LogP contribution in [-0.4, -0.2) is 18.2 Å². The van der Waals surface area contributed by atoms with Gasteiger partial charge in [0.05, 0.1) is 13.2 Å². The van der Waals surface area contributed by atoms with Gasteiger partial charge in [0.1, 0.15) is 5.75 Å². The largest absolute Gasteiger partial charge is 0.497 e. The minimum atomic E-state index is -0.937. The Morgan fingerprint density at radius 2 is 1.86 bits per heavy atom. The number of methoxy groups -OCH3 is 1. The molecule has 1 unspecified atom stereocenters. The molecule has 114 valence electrons. The number of ether oxygens (including phenoxy) is 1. The van der Waals surface area contributed by atoms with Gasteiger partial charge in [0, 0.05) is 11.8 Å². The van der Waals surface area contributed by atoms with Crippen LogP contribution in [-0.2, 0) is 4.79 Å². The Kier molecular flexibility index (Phi) is 5.60. The van der Waals surface area contributed by atoms with Crippen molar-refractivity contribution in [2.75, 3.05) is 12.4 Å². The Hall–Kier alpha value is -2.75. The van der Waals surface area contributed by atoms with Crippen molar-refractivity contribution < 1.29 is 14.6 Å². The van der Waals surface area contributed by atoms with Crippen molar-refractivity contribution in [3.05, 3.63) is 72.3 Å². The van der Waals surface area contributed by atoms with E-state index in [9.17, 15) is 4.79 Å². The number of aliphatic carboxylic acids is 1. The van der Waals surface area contributed by atoms with Gasteiger partial charge in [0.2, 0.25) is 0 Å². The third-order valence-corrected chi connectivity index (χ3v) is 3.27. The van der Waals surface area contributed by atoms with Crippen molar-refractivity contribution in [2.45, 2.75) is 12.5 Å². The number of para-hydroxylation sites is 1. The second kappa shape index (κ2) is 7.88. The lowest BCUT2D eigenvalue weighted by Gasteiger charge is -2.19. The molecule has 22 heavy (non-hydrogen) atoms. The Bertz CT molecular complexity index is 621. The molecular formula is C18H19NO3. The average molecular weight is 297 g/mol. The summed E-state index contributed by atoms with van der Waals surface area (Å²) in [6.07, 6.45) is 3.41. The van der Waals surface area contributed by atoms with Gasteiger partial charge in [0.25, 0.3) is 0 Å². The molecule has 2 aromatic carbocycles. The number of hydrogen-bond donors (Lipinski definition) is 2. The highest BCUT2D eigenvalue weighted by atomic mass is 16.5. The fourth-order valence-corrected chi connectivity index (χ4v) is 2.16. The van der Waals surface area contributed by atoms with E-state index in [1.165, 1.54) is 6.08 Å². The maximum absolute atomic E-state index is 10.6. The highest BCUT2D eigenvalue weighted by Crippen LogP contribution is 2.25. The first-order valence-corrected chi connectivity index (χ1v) is 7.04. The summed E-state index contributed by atoms with van der Waals surface area (Å²) in [6.45, 7) is 0. The van der Waals surface area contributed by atoms with E-state index < -0.39 is 5.97 Å². The van der Waals surface area contributed by atoms with Crippen LogP contribution >= 0.6 is 0 Å². The van der Waals surface area contributed by atoms with Crippen LogP contribution in [0, 0.1) is 0 Å². The number of nitrogens with one attached hydrogen (secondary N) is 1. The highest BCUT2D eigenvalue weighted by Gasteiger charge is 2.10.